The number of hydrogen-bond acceptors (Lipinski definition) is 4. The number of rotatable bonds is 7. The molecule has 6 nitrogen and oxygen atoms in total. The molecule has 2 N–H and O–H groups in total. The van der Waals surface area contributed by atoms with Gasteiger partial charge in [-0.15, -0.1) is 0 Å². The van der Waals surface area contributed by atoms with Gasteiger partial charge in [0, 0.05) is 0 Å². The lowest BCUT2D eigenvalue weighted by Crippen LogP contribution is -2.36. The van der Waals surface area contributed by atoms with Crippen LogP contribution in [0.25, 0.3) is 0 Å². The average Bonchev–Trinajstić information content (AvgIpc) is 2.65. The lowest BCUT2D eigenvalue weighted by atomic mass is 10.2. The number of carbonyl (C=O) groups excluding carboxylic acids is 2. The number of amides is 2. The summed E-state index contributed by atoms with van der Waals surface area (Å²) in [6, 6.07) is 8.22. The minimum Gasteiger partial charge on any atom is -0.493 e. The Morgan fingerprint density at radius 2 is 1.65 bits per heavy atom. The Labute approximate surface area is 146 Å². The van der Waals surface area contributed by atoms with Crippen molar-refractivity contribution in [2.24, 2.45) is 0 Å². The van der Waals surface area contributed by atoms with Crippen molar-refractivity contribution < 1.29 is 32.2 Å². The Hall–Kier alpha value is -3.23. The SMILES string of the molecule is COc1ccccc1OCC(=O)NCC(=O)Nc1ccc(F)c(F)c1F. The molecule has 0 unspecified atom stereocenters. The van der Waals surface area contributed by atoms with Crippen LogP contribution in [0.3, 0.4) is 0 Å². The number of benzene rings is 2. The van der Waals surface area contributed by atoms with E-state index in [1.165, 1.54) is 7.11 Å². The molecule has 0 aromatic heterocycles. The van der Waals surface area contributed by atoms with Crippen molar-refractivity contribution >= 4 is 17.5 Å². The normalized spacial score (nSPS) is 10.2. The molecule has 2 aromatic rings. The Bertz CT molecular complexity index is 815. The first-order valence-corrected chi connectivity index (χ1v) is 7.38. The molecule has 138 valence electrons. The van der Waals surface area contributed by atoms with Gasteiger partial charge in [0.05, 0.1) is 19.3 Å². The Kier molecular flexibility index (Phi) is 6.42. The zero-order valence-corrected chi connectivity index (χ0v) is 13.6. The molecular formula is C17H15F3N2O4. The molecule has 2 aromatic carbocycles. The second kappa shape index (κ2) is 8.75. The van der Waals surface area contributed by atoms with Gasteiger partial charge < -0.3 is 20.1 Å². The summed E-state index contributed by atoms with van der Waals surface area (Å²) in [5.41, 5.74) is -0.534. The minimum atomic E-state index is -1.70. The lowest BCUT2D eigenvalue weighted by Gasteiger charge is -2.11. The van der Waals surface area contributed by atoms with Crippen LogP contribution in [0.2, 0.25) is 0 Å². The maximum atomic E-state index is 13.5. The van der Waals surface area contributed by atoms with E-state index in [2.05, 4.69) is 5.32 Å². The first-order chi connectivity index (χ1) is 12.4. The summed E-state index contributed by atoms with van der Waals surface area (Å²) in [7, 11) is 1.45. The second-order valence-electron chi connectivity index (χ2n) is 4.99. The topological polar surface area (TPSA) is 76.7 Å². The maximum absolute atomic E-state index is 13.5. The molecule has 0 fully saturated rings. The molecule has 0 bridgehead atoms. The number of halogens is 3. The van der Waals surface area contributed by atoms with Crippen molar-refractivity contribution in [1.29, 1.82) is 0 Å². The molecule has 0 atom stereocenters. The number of nitrogens with one attached hydrogen (secondary N) is 2. The minimum absolute atomic E-state index is 0.346. The van der Waals surface area contributed by atoms with E-state index in [0.29, 0.717) is 17.6 Å². The summed E-state index contributed by atoms with van der Waals surface area (Å²) in [5, 5.41) is 4.28. The summed E-state index contributed by atoms with van der Waals surface area (Å²) in [6.07, 6.45) is 0. The van der Waals surface area contributed by atoms with E-state index in [4.69, 9.17) is 9.47 Å². The van der Waals surface area contributed by atoms with Crippen molar-refractivity contribution in [2.45, 2.75) is 0 Å². The van der Waals surface area contributed by atoms with Crippen molar-refractivity contribution in [3.63, 3.8) is 0 Å². The first-order valence-electron chi connectivity index (χ1n) is 7.38. The lowest BCUT2D eigenvalue weighted by molar-refractivity contribution is -0.125. The van der Waals surface area contributed by atoms with E-state index in [0.717, 1.165) is 6.07 Å². The van der Waals surface area contributed by atoms with Crippen LogP contribution in [-0.4, -0.2) is 32.1 Å². The van der Waals surface area contributed by atoms with Gasteiger partial charge in [0.1, 0.15) is 0 Å². The zero-order chi connectivity index (χ0) is 19.1. The Morgan fingerprint density at radius 3 is 2.35 bits per heavy atom. The van der Waals surface area contributed by atoms with Crippen LogP contribution in [0, 0.1) is 17.5 Å². The highest BCUT2D eigenvalue weighted by atomic mass is 19.2. The summed E-state index contributed by atoms with van der Waals surface area (Å²) in [4.78, 5) is 23.4. The fourth-order valence-corrected chi connectivity index (χ4v) is 1.93. The van der Waals surface area contributed by atoms with Crippen LogP contribution in [-0.2, 0) is 9.59 Å². The Morgan fingerprint density at radius 1 is 0.962 bits per heavy atom. The number of hydrogen-bond donors (Lipinski definition) is 2. The number of carbonyl (C=O) groups is 2. The highest BCUT2D eigenvalue weighted by molar-refractivity contribution is 5.94. The van der Waals surface area contributed by atoms with E-state index < -0.39 is 41.5 Å². The molecule has 0 aliphatic carbocycles. The summed E-state index contributed by atoms with van der Waals surface area (Å²) in [6.45, 7) is -0.889. The van der Waals surface area contributed by atoms with Crippen LogP contribution in [0.1, 0.15) is 0 Å². The molecule has 0 heterocycles. The van der Waals surface area contributed by atoms with Gasteiger partial charge in [0.25, 0.3) is 5.91 Å². The van der Waals surface area contributed by atoms with Crippen molar-refractivity contribution in [1.82, 2.24) is 5.32 Å². The fraction of sp³-hybridized carbons (Fsp3) is 0.176. The van der Waals surface area contributed by atoms with Gasteiger partial charge in [0.15, 0.2) is 35.6 Å². The summed E-state index contributed by atoms with van der Waals surface area (Å²) >= 11 is 0. The molecule has 2 rings (SSSR count). The van der Waals surface area contributed by atoms with Crippen molar-refractivity contribution in [2.75, 3.05) is 25.6 Å². The van der Waals surface area contributed by atoms with Gasteiger partial charge in [-0.1, -0.05) is 12.1 Å². The van der Waals surface area contributed by atoms with Gasteiger partial charge in [-0.2, -0.15) is 0 Å². The quantitative estimate of drug-likeness (QED) is 0.735. The third-order valence-electron chi connectivity index (χ3n) is 3.18. The van der Waals surface area contributed by atoms with E-state index in [-0.39, 0.29) is 6.61 Å². The van der Waals surface area contributed by atoms with Crippen LogP contribution in [0.4, 0.5) is 18.9 Å². The van der Waals surface area contributed by atoms with Crippen molar-refractivity contribution in [3.8, 4) is 11.5 Å². The number of methoxy groups -OCH3 is 1. The second-order valence-corrected chi connectivity index (χ2v) is 4.99. The Balaban J connectivity index is 1.82. The predicted molar refractivity (Wildman–Crippen MR) is 86.4 cm³/mol. The van der Waals surface area contributed by atoms with Crippen LogP contribution in [0.5, 0.6) is 11.5 Å². The van der Waals surface area contributed by atoms with Gasteiger partial charge in [-0.25, -0.2) is 13.2 Å². The highest BCUT2D eigenvalue weighted by Crippen LogP contribution is 2.25. The van der Waals surface area contributed by atoms with Gasteiger partial charge in [0.2, 0.25) is 5.91 Å². The molecule has 0 radical (unpaired) electrons. The molecule has 0 saturated carbocycles. The fourth-order valence-electron chi connectivity index (χ4n) is 1.93. The van der Waals surface area contributed by atoms with E-state index in [1.54, 1.807) is 24.3 Å². The molecule has 0 aliphatic rings. The smallest absolute Gasteiger partial charge is 0.258 e. The summed E-state index contributed by atoms with van der Waals surface area (Å²) in [5.74, 6) is -5.24. The van der Waals surface area contributed by atoms with E-state index in [9.17, 15) is 22.8 Å². The van der Waals surface area contributed by atoms with Gasteiger partial charge >= 0.3 is 0 Å². The first kappa shape index (κ1) is 19.1. The van der Waals surface area contributed by atoms with Crippen LogP contribution in [0.15, 0.2) is 36.4 Å². The molecule has 0 aliphatic heterocycles. The maximum Gasteiger partial charge on any atom is 0.258 e. The molecule has 0 spiro atoms. The molecular weight excluding hydrogens is 353 g/mol. The third kappa shape index (κ3) is 4.88. The monoisotopic (exact) mass is 368 g/mol. The predicted octanol–water partition coefficient (Wildman–Crippen LogP) is 2.25. The van der Waals surface area contributed by atoms with E-state index >= 15 is 0 Å². The molecule has 0 saturated heterocycles. The average molecular weight is 368 g/mol. The molecule has 26 heavy (non-hydrogen) atoms. The number of anilines is 1. The number of para-hydroxylation sites is 2. The zero-order valence-electron chi connectivity index (χ0n) is 13.6. The number of ether oxygens (including phenoxy) is 2. The molecule has 9 heteroatoms. The van der Waals surface area contributed by atoms with Gasteiger partial charge in [-0.3, -0.25) is 9.59 Å². The molecule has 2 amide bonds. The van der Waals surface area contributed by atoms with Gasteiger partial charge in [-0.05, 0) is 24.3 Å². The highest BCUT2D eigenvalue weighted by Gasteiger charge is 2.15. The third-order valence-corrected chi connectivity index (χ3v) is 3.18. The van der Waals surface area contributed by atoms with E-state index in [1.807, 2.05) is 5.32 Å². The summed E-state index contributed by atoms with van der Waals surface area (Å²) < 4.78 is 49.7. The van der Waals surface area contributed by atoms with Crippen LogP contribution >= 0.6 is 0 Å². The largest absolute Gasteiger partial charge is 0.493 e. The standard InChI is InChI=1S/C17H15F3N2O4/c1-25-12-4-2-3-5-13(12)26-9-15(24)21-8-14(23)22-11-7-6-10(18)16(19)17(11)20/h2-7H,8-9H2,1H3,(H,21,24)(H,22,23). The van der Waals surface area contributed by atoms with Crippen molar-refractivity contribution in [3.05, 3.63) is 53.8 Å². The van der Waals surface area contributed by atoms with Crippen LogP contribution < -0.4 is 20.1 Å².